The van der Waals surface area contributed by atoms with Gasteiger partial charge >= 0.3 is 0 Å². The number of amides is 1. The van der Waals surface area contributed by atoms with Crippen molar-refractivity contribution in [2.24, 2.45) is 0 Å². The van der Waals surface area contributed by atoms with Gasteiger partial charge in [0.1, 0.15) is 4.32 Å². The lowest BCUT2D eigenvalue weighted by Crippen LogP contribution is -2.39. The van der Waals surface area contributed by atoms with Crippen LogP contribution in [0.5, 0.6) is 11.5 Å². The molecule has 1 saturated carbocycles. The number of thiocarbonyl (C=S) groups is 1. The Labute approximate surface area is 177 Å². The van der Waals surface area contributed by atoms with Gasteiger partial charge in [0, 0.05) is 11.6 Å². The SMILES string of the molecule is C=CCc1cc(/C=C2\SC(=S)N(C3CCCCC3)C2=O)cc(OCC)c1OC. The zero-order valence-electron chi connectivity index (χ0n) is 16.5. The lowest BCUT2D eigenvalue weighted by molar-refractivity contribution is -0.124. The molecule has 0 bridgehead atoms. The van der Waals surface area contributed by atoms with Crippen LogP contribution in [0.2, 0.25) is 0 Å². The van der Waals surface area contributed by atoms with Crippen LogP contribution < -0.4 is 9.47 Å². The van der Waals surface area contributed by atoms with Crippen molar-refractivity contribution in [3.8, 4) is 11.5 Å². The van der Waals surface area contributed by atoms with E-state index in [0.29, 0.717) is 33.8 Å². The van der Waals surface area contributed by atoms with Crippen molar-refractivity contribution in [3.05, 3.63) is 40.8 Å². The third-order valence-electron chi connectivity index (χ3n) is 5.08. The molecule has 1 amide bonds. The molecule has 1 aliphatic carbocycles. The van der Waals surface area contributed by atoms with Crippen LogP contribution in [0.25, 0.3) is 6.08 Å². The van der Waals surface area contributed by atoms with Crippen molar-refractivity contribution in [3.63, 3.8) is 0 Å². The van der Waals surface area contributed by atoms with Gasteiger partial charge in [0.2, 0.25) is 0 Å². The monoisotopic (exact) mass is 417 g/mol. The summed E-state index contributed by atoms with van der Waals surface area (Å²) in [6, 6.07) is 4.19. The fourth-order valence-electron chi connectivity index (χ4n) is 3.85. The first-order valence-corrected chi connectivity index (χ1v) is 11.0. The van der Waals surface area contributed by atoms with Gasteiger partial charge in [-0.2, -0.15) is 0 Å². The molecule has 150 valence electrons. The molecule has 0 spiro atoms. The molecule has 2 aliphatic rings. The lowest BCUT2D eigenvalue weighted by atomic mass is 9.94. The Morgan fingerprint density at radius 1 is 1.32 bits per heavy atom. The van der Waals surface area contributed by atoms with Gasteiger partial charge in [-0.15, -0.1) is 6.58 Å². The summed E-state index contributed by atoms with van der Waals surface area (Å²) in [7, 11) is 1.64. The molecule has 0 unspecified atom stereocenters. The van der Waals surface area contributed by atoms with E-state index in [1.54, 1.807) is 7.11 Å². The van der Waals surface area contributed by atoms with E-state index in [1.807, 2.05) is 36.1 Å². The summed E-state index contributed by atoms with van der Waals surface area (Å²) in [6.07, 6.45) is 10.1. The summed E-state index contributed by atoms with van der Waals surface area (Å²) in [4.78, 5) is 15.6. The molecule has 2 fully saturated rings. The maximum atomic E-state index is 13.0. The molecule has 1 aliphatic heterocycles. The number of benzene rings is 1. The number of hydrogen-bond acceptors (Lipinski definition) is 5. The Kier molecular flexibility index (Phi) is 7.18. The lowest BCUT2D eigenvalue weighted by Gasteiger charge is -2.29. The van der Waals surface area contributed by atoms with Gasteiger partial charge in [-0.3, -0.25) is 9.69 Å². The van der Waals surface area contributed by atoms with Crippen LogP contribution in [0.4, 0.5) is 0 Å². The Morgan fingerprint density at radius 2 is 2.07 bits per heavy atom. The van der Waals surface area contributed by atoms with Crippen molar-refractivity contribution in [1.29, 1.82) is 0 Å². The zero-order valence-corrected chi connectivity index (χ0v) is 18.2. The highest BCUT2D eigenvalue weighted by molar-refractivity contribution is 8.26. The Morgan fingerprint density at radius 3 is 2.71 bits per heavy atom. The number of allylic oxidation sites excluding steroid dienone is 1. The molecule has 0 atom stereocenters. The largest absolute Gasteiger partial charge is 0.493 e. The first-order valence-electron chi connectivity index (χ1n) is 9.80. The molecule has 4 nitrogen and oxygen atoms in total. The number of carbonyl (C=O) groups is 1. The van der Waals surface area contributed by atoms with Crippen LogP contribution in [0.15, 0.2) is 29.7 Å². The van der Waals surface area contributed by atoms with E-state index in [4.69, 9.17) is 21.7 Å². The molecule has 6 heteroatoms. The third-order valence-corrected chi connectivity index (χ3v) is 6.41. The fraction of sp³-hybridized carbons (Fsp3) is 0.455. The van der Waals surface area contributed by atoms with Gasteiger partial charge in [-0.25, -0.2) is 0 Å². The number of ether oxygens (including phenoxy) is 2. The fourth-order valence-corrected chi connectivity index (χ4v) is 5.25. The highest BCUT2D eigenvalue weighted by Gasteiger charge is 2.37. The predicted molar refractivity (Wildman–Crippen MR) is 120 cm³/mol. The Bertz CT molecular complexity index is 797. The second-order valence-electron chi connectivity index (χ2n) is 6.98. The first-order chi connectivity index (χ1) is 13.6. The smallest absolute Gasteiger partial charge is 0.266 e. The number of rotatable bonds is 7. The highest BCUT2D eigenvalue weighted by atomic mass is 32.2. The topological polar surface area (TPSA) is 38.8 Å². The van der Waals surface area contributed by atoms with E-state index in [0.717, 1.165) is 24.0 Å². The maximum absolute atomic E-state index is 13.0. The van der Waals surface area contributed by atoms with Gasteiger partial charge in [0.15, 0.2) is 11.5 Å². The Balaban J connectivity index is 1.92. The number of nitrogens with zero attached hydrogens (tertiary/aromatic N) is 1. The molecular formula is C22H27NO3S2. The quantitative estimate of drug-likeness (QED) is 0.339. The van der Waals surface area contributed by atoms with Gasteiger partial charge in [0.05, 0.1) is 18.6 Å². The minimum atomic E-state index is 0.0287. The molecule has 1 aromatic rings. The first kappa shape index (κ1) is 20.9. The van der Waals surface area contributed by atoms with Crippen molar-refractivity contribution in [2.45, 2.75) is 51.5 Å². The maximum Gasteiger partial charge on any atom is 0.266 e. The molecule has 28 heavy (non-hydrogen) atoms. The van der Waals surface area contributed by atoms with Gasteiger partial charge in [0.25, 0.3) is 5.91 Å². The second-order valence-corrected chi connectivity index (χ2v) is 8.66. The molecular weight excluding hydrogens is 390 g/mol. The summed E-state index contributed by atoms with van der Waals surface area (Å²) in [6.45, 7) is 6.31. The minimum absolute atomic E-state index is 0.0287. The van der Waals surface area contributed by atoms with Crippen molar-refractivity contribution < 1.29 is 14.3 Å². The van der Waals surface area contributed by atoms with Crippen LogP contribution in [-0.4, -0.2) is 34.9 Å². The van der Waals surface area contributed by atoms with Crippen LogP contribution in [-0.2, 0) is 11.2 Å². The standard InChI is InChI=1S/C22H27NO3S2/c1-4-9-16-12-15(13-18(26-5-2)20(16)25-3)14-19-21(24)23(22(27)28-19)17-10-7-6-8-11-17/h4,12-14,17H,1,5-11H2,2-3H3/b19-14-. The van der Waals surface area contributed by atoms with Crippen LogP contribution in [0.3, 0.4) is 0 Å². The molecule has 0 N–H and O–H groups in total. The summed E-state index contributed by atoms with van der Waals surface area (Å²) in [5.41, 5.74) is 1.89. The predicted octanol–water partition coefficient (Wildman–Crippen LogP) is 5.36. The number of carbonyl (C=O) groups excluding carboxylic acids is 1. The zero-order chi connectivity index (χ0) is 20.1. The third kappa shape index (κ3) is 4.44. The van der Waals surface area contributed by atoms with Gasteiger partial charge in [-0.1, -0.05) is 49.3 Å². The minimum Gasteiger partial charge on any atom is -0.493 e. The van der Waals surface area contributed by atoms with Crippen molar-refractivity contribution in [1.82, 2.24) is 4.90 Å². The van der Waals surface area contributed by atoms with E-state index in [9.17, 15) is 4.79 Å². The average Bonchev–Trinajstić information content (AvgIpc) is 2.96. The summed E-state index contributed by atoms with van der Waals surface area (Å²) in [5.74, 6) is 1.42. The average molecular weight is 418 g/mol. The van der Waals surface area contributed by atoms with E-state index < -0.39 is 0 Å². The molecule has 1 saturated heterocycles. The summed E-state index contributed by atoms with van der Waals surface area (Å²) in [5, 5.41) is 0. The molecule has 1 heterocycles. The van der Waals surface area contributed by atoms with Crippen molar-refractivity contribution >= 4 is 40.3 Å². The van der Waals surface area contributed by atoms with Gasteiger partial charge in [-0.05, 0) is 50.0 Å². The van der Waals surface area contributed by atoms with E-state index in [2.05, 4.69) is 6.58 Å². The molecule has 3 rings (SSSR count). The number of methoxy groups -OCH3 is 1. The van der Waals surface area contributed by atoms with Crippen LogP contribution in [0.1, 0.15) is 50.2 Å². The number of thioether (sulfide) groups is 1. The second kappa shape index (κ2) is 9.61. The van der Waals surface area contributed by atoms with E-state index in [-0.39, 0.29) is 11.9 Å². The summed E-state index contributed by atoms with van der Waals surface area (Å²) < 4.78 is 12.0. The normalized spacial score (nSPS) is 19.4. The van der Waals surface area contributed by atoms with E-state index in [1.165, 1.54) is 31.0 Å². The molecule has 0 radical (unpaired) electrons. The highest BCUT2D eigenvalue weighted by Crippen LogP contribution is 2.39. The molecule has 0 aromatic heterocycles. The van der Waals surface area contributed by atoms with E-state index >= 15 is 0 Å². The summed E-state index contributed by atoms with van der Waals surface area (Å²) >= 11 is 6.93. The van der Waals surface area contributed by atoms with Crippen LogP contribution >= 0.6 is 24.0 Å². The molecule has 1 aromatic carbocycles. The Hall–Kier alpha value is -1.79. The number of hydrogen-bond donors (Lipinski definition) is 0. The van der Waals surface area contributed by atoms with Gasteiger partial charge < -0.3 is 9.47 Å². The van der Waals surface area contributed by atoms with Crippen LogP contribution in [0, 0.1) is 0 Å². The van der Waals surface area contributed by atoms with Crippen molar-refractivity contribution in [2.75, 3.05) is 13.7 Å².